The summed E-state index contributed by atoms with van der Waals surface area (Å²) in [5.41, 5.74) is 3.46. The second kappa shape index (κ2) is 9.70. The normalized spacial score (nSPS) is 17.9. The summed E-state index contributed by atoms with van der Waals surface area (Å²) in [6.45, 7) is 6.74. The summed E-state index contributed by atoms with van der Waals surface area (Å²) in [5, 5.41) is 9.34. The number of amides is 2. The molecule has 0 aromatic heterocycles. The van der Waals surface area contributed by atoms with Crippen LogP contribution < -0.4 is 16.0 Å². The Balaban J connectivity index is 1.64. The monoisotopic (exact) mass is 393 g/mol. The Bertz CT molecular complexity index is 835. The molecule has 3 atom stereocenters. The lowest BCUT2D eigenvalue weighted by molar-refractivity contribution is -0.130. The van der Waals surface area contributed by atoms with Crippen LogP contribution in [0, 0.1) is 5.92 Å². The minimum absolute atomic E-state index is 0.116. The molecule has 5 heteroatoms. The van der Waals surface area contributed by atoms with Gasteiger partial charge in [-0.3, -0.25) is 9.59 Å². The van der Waals surface area contributed by atoms with Crippen LogP contribution in [0.15, 0.2) is 54.6 Å². The van der Waals surface area contributed by atoms with E-state index in [1.807, 2.05) is 49.4 Å². The zero-order valence-electron chi connectivity index (χ0n) is 17.4. The molecule has 1 heterocycles. The van der Waals surface area contributed by atoms with Gasteiger partial charge in [0.2, 0.25) is 11.8 Å². The second-order valence-electron chi connectivity index (χ2n) is 8.24. The predicted molar refractivity (Wildman–Crippen MR) is 115 cm³/mol. The van der Waals surface area contributed by atoms with Gasteiger partial charge in [-0.2, -0.15) is 0 Å². The Labute approximate surface area is 173 Å². The van der Waals surface area contributed by atoms with E-state index in [0.29, 0.717) is 19.4 Å². The molecule has 0 fully saturated rings. The quantitative estimate of drug-likeness (QED) is 0.677. The van der Waals surface area contributed by atoms with Gasteiger partial charge in [0.1, 0.15) is 6.04 Å². The van der Waals surface area contributed by atoms with Crippen LogP contribution in [-0.2, 0) is 22.6 Å². The maximum absolute atomic E-state index is 12.9. The van der Waals surface area contributed by atoms with E-state index in [2.05, 4.69) is 41.9 Å². The van der Waals surface area contributed by atoms with Gasteiger partial charge in [-0.25, -0.2) is 0 Å². The van der Waals surface area contributed by atoms with Crippen molar-refractivity contribution in [1.82, 2.24) is 16.0 Å². The summed E-state index contributed by atoms with van der Waals surface area (Å²) >= 11 is 0. The van der Waals surface area contributed by atoms with Crippen LogP contribution in [0.4, 0.5) is 0 Å². The maximum atomic E-state index is 12.9. The van der Waals surface area contributed by atoms with E-state index < -0.39 is 6.04 Å². The van der Waals surface area contributed by atoms with Gasteiger partial charge in [-0.05, 0) is 42.4 Å². The molecule has 0 spiro atoms. The van der Waals surface area contributed by atoms with Crippen LogP contribution in [-0.4, -0.2) is 23.9 Å². The number of rotatable bonds is 7. The van der Waals surface area contributed by atoms with E-state index >= 15 is 0 Å². The molecule has 2 aromatic carbocycles. The number of hydrogen-bond acceptors (Lipinski definition) is 3. The zero-order chi connectivity index (χ0) is 20.8. The van der Waals surface area contributed by atoms with Gasteiger partial charge in [0.25, 0.3) is 0 Å². The molecular weight excluding hydrogens is 362 g/mol. The summed E-state index contributed by atoms with van der Waals surface area (Å²) in [6.07, 6.45) is 1.24. The lowest BCUT2D eigenvalue weighted by atomic mass is 9.95. The van der Waals surface area contributed by atoms with Crippen LogP contribution >= 0.6 is 0 Å². The molecule has 3 rings (SSSR count). The number of benzene rings is 2. The number of carbonyl (C=O) groups is 2. The third kappa shape index (κ3) is 5.67. The van der Waals surface area contributed by atoms with Gasteiger partial charge in [0, 0.05) is 6.54 Å². The lowest BCUT2D eigenvalue weighted by Crippen LogP contribution is -2.54. The van der Waals surface area contributed by atoms with Gasteiger partial charge < -0.3 is 16.0 Å². The molecule has 0 radical (unpaired) electrons. The molecule has 1 aliphatic rings. The van der Waals surface area contributed by atoms with Crippen molar-refractivity contribution in [1.29, 1.82) is 0 Å². The maximum Gasteiger partial charge on any atom is 0.243 e. The third-order valence-electron chi connectivity index (χ3n) is 5.40. The van der Waals surface area contributed by atoms with Crippen molar-refractivity contribution < 1.29 is 9.59 Å². The van der Waals surface area contributed by atoms with E-state index in [1.165, 1.54) is 11.1 Å². The van der Waals surface area contributed by atoms with Crippen LogP contribution in [0.5, 0.6) is 0 Å². The SMILES string of the molecule is CC(C)C[C@H](NC(=O)[C@H]1Cc2ccccc2CN1)C(=O)N[C@H](C)c1ccccc1. The van der Waals surface area contributed by atoms with E-state index in [1.54, 1.807) is 0 Å². The van der Waals surface area contributed by atoms with Crippen molar-refractivity contribution in [2.45, 2.75) is 58.3 Å². The summed E-state index contributed by atoms with van der Waals surface area (Å²) in [4.78, 5) is 25.8. The molecule has 0 saturated heterocycles. The highest BCUT2D eigenvalue weighted by Gasteiger charge is 2.29. The van der Waals surface area contributed by atoms with Crippen molar-refractivity contribution in [3.05, 3.63) is 71.3 Å². The molecule has 0 bridgehead atoms. The molecule has 5 nitrogen and oxygen atoms in total. The van der Waals surface area contributed by atoms with Crippen LogP contribution in [0.3, 0.4) is 0 Å². The predicted octanol–water partition coefficient (Wildman–Crippen LogP) is 3.11. The average Bonchev–Trinajstić information content (AvgIpc) is 2.73. The first-order valence-electron chi connectivity index (χ1n) is 10.4. The van der Waals surface area contributed by atoms with E-state index in [4.69, 9.17) is 0 Å². The van der Waals surface area contributed by atoms with Crippen molar-refractivity contribution in [2.75, 3.05) is 0 Å². The Morgan fingerprint density at radius 3 is 2.31 bits per heavy atom. The van der Waals surface area contributed by atoms with Gasteiger partial charge in [-0.15, -0.1) is 0 Å². The Kier molecular flexibility index (Phi) is 7.04. The molecule has 2 amide bonds. The highest BCUT2D eigenvalue weighted by atomic mass is 16.2. The Morgan fingerprint density at radius 2 is 1.62 bits per heavy atom. The molecular formula is C24H31N3O2. The number of hydrogen-bond donors (Lipinski definition) is 3. The van der Waals surface area contributed by atoms with Gasteiger partial charge in [0.15, 0.2) is 0 Å². The summed E-state index contributed by atoms with van der Waals surface area (Å²) < 4.78 is 0. The van der Waals surface area contributed by atoms with Crippen molar-refractivity contribution in [3.8, 4) is 0 Å². The minimum atomic E-state index is -0.548. The van der Waals surface area contributed by atoms with E-state index in [-0.39, 0.29) is 29.8 Å². The standard InChI is InChI=1S/C24H31N3O2/c1-16(2)13-22(24(29)26-17(3)18-9-5-4-6-10-18)27-23(28)21-14-19-11-7-8-12-20(19)15-25-21/h4-12,16-17,21-22,25H,13-15H2,1-3H3,(H,26,29)(H,27,28)/t17-,21-,22+/m1/s1. The topological polar surface area (TPSA) is 70.2 Å². The molecule has 154 valence electrons. The van der Waals surface area contributed by atoms with Crippen molar-refractivity contribution in [2.24, 2.45) is 5.92 Å². The van der Waals surface area contributed by atoms with Gasteiger partial charge in [-0.1, -0.05) is 68.4 Å². The molecule has 0 saturated carbocycles. The fourth-order valence-corrected chi connectivity index (χ4v) is 3.75. The third-order valence-corrected chi connectivity index (χ3v) is 5.40. The summed E-state index contributed by atoms with van der Waals surface area (Å²) in [7, 11) is 0. The first kappa shape index (κ1) is 21.1. The minimum Gasteiger partial charge on any atom is -0.348 e. The highest BCUT2D eigenvalue weighted by Crippen LogP contribution is 2.17. The average molecular weight is 394 g/mol. The molecule has 29 heavy (non-hydrogen) atoms. The van der Waals surface area contributed by atoms with E-state index in [0.717, 1.165) is 5.56 Å². The van der Waals surface area contributed by atoms with Crippen LogP contribution in [0.25, 0.3) is 0 Å². The first-order chi connectivity index (χ1) is 13.9. The largest absolute Gasteiger partial charge is 0.348 e. The molecule has 1 aliphatic heterocycles. The number of carbonyl (C=O) groups excluding carboxylic acids is 2. The lowest BCUT2D eigenvalue weighted by Gasteiger charge is -2.28. The Hall–Kier alpha value is -2.66. The van der Waals surface area contributed by atoms with Crippen molar-refractivity contribution in [3.63, 3.8) is 0 Å². The van der Waals surface area contributed by atoms with Gasteiger partial charge >= 0.3 is 0 Å². The van der Waals surface area contributed by atoms with Crippen molar-refractivity contribution >= 4 is 11.8 Å². The molecule has 3 N–H and O–H groups in total. The summed E-state index contributed by atoms with van der Waals surface area (Å²) in [5.74, 6) is 0.0328. The fourth-order valence-electron chi connectivity index (χ4n) is 3.75. The zero-order valence-corrected chi connectivity index (χ0v) is 17.4. The molecule has 0 aliphatic carbocycles. The van der Waals surface area contributed by atoms with Crippen LogP contribution in [0.1, 0.15) is 49.9 Å². The number of nitrogens with one attached hydrogen (secondary N) is 3. The first-order valence-corrected chi connectivity index (χ1v) is 10.4. The van der Waals surface area contributed by atoms with E-state index in [9.17, 15) is 9.59 Å². The number of fused-ring (bicyclic) bond motifs is 1. The summed E-state index contributed by atoms with van der Waals surface area (Å²) in [6, 6.07) is 17.0. The smallest absolute Gasteiger partial charge is 0.243 e. The highest BCUT2D eigenvalue weighted by molar-refractivity contribution is 5.90. The van der Waals surface area contributed by atoms with Gasteiger partial charge in [0.05, 0.1) is 12.1 Å². The van der Waals surface area contributed by atoms with Crippen LogP contribution in [0.2, 0.25) is 0 Å². The second-order valence-corrected chi connectivity index (χ2v) is 8.24. The Morgan fingerprint density at radius 1 is 0.966 bits per heavy atom. The molecule has 0 unspecified atom stereocenters. The molecule has 2 aromatic rings. The fraction of sp³-hybridized carbons (Fsp3) is 0.417.